The van der Waals surface area contributed by atoms with Gasteiger partial charge >= 0.3 is 5.97 Å². The molecule has 0 aliphatic carbocycles. The molecule has 0 amide bonds. The molecule has 0 N–H and O–H groups in total. The summed E-state index contributed by atoms with van der Waals surface area (Å²) in [6.07, 6.45) is 0. The van der Waals surface area contributed by atoms with Crippen LogP contribution in [0.3, 0.4) is 0 Å². The van der Waals surface area contributed by atoms with E-state index >= 15 is 0 Å². The van der Waals surface area contributed by atoms with Gasteiger partial charge in [-0.2, -0.15) is 0 Å². The molecule has 15 heteroatoms. The minimum absolute atomic E-state index is 0.201. The molecule has 14 nitrogen and oxygen atoms in total. The van der Waals surface area contributed by atoms with Crippen LogP contribution in [-0.2, 0) is 61.6 Å². The summed E-state index contributed by atoms with van der Waals surface area (Å²) >= 11 is 3.30. The number of ether oxygens (including phenoxy) is 13. The van der Waals surface area contributed by atoms with Crippen molar-refractivity contribution in [1.29, 1.82) is 0 Å². The Morgan fingerprint density at radius 1 is 0.354 bits per heavy atom. The predicted octanol–water partition coefficient (Wildman–Crippen LogP) is 2.44. The zero-order chi connectivity index (χ0) is 34.3. The lowest BCUT2D eigenvalue weighted by Gasteiger charge is -2.09. The molecule has 280 valence electrons. The van der Waals surface area contributed by atoms with Gasteiger partial charge in [-0.05, 0) is 12.1 Å². The maximum Gasteiger partial charge on any atom is 0.338 e. The van der Waals surface area contributed by atoms with Crippen LogP contribution in [0.15, 0.2) is 30.3 Å². The van der Waals surface area contributed by atoms with Crippen molar-refractivity contribution >= 4 is 21.9 Å². The number of hydrogen-bond acceptors (Lipinski definition) is 14. The van der Waals surface area contributed by atoms with Crippen LogP contribution in [-0.4, -0.2) is 176 Å². The Labute approximate surface area is 294 Å². The molecule has 0 aliphatic heterocycles. The van der Waals surface area contributed by atoms with Crippen LogP contribution in [0.2, 0.25) is 0 Å². The molecule has 0 radical (unpaired) electrons. The number of hydrogen-bond donors (Lipinski definition) is 0. The standard InChI is InChI=1S/C33H57BrO14/c34-6-7-36-8-9-37-10-11-38-12-13-39-14-15-40-16-17-41-18-19-42-20-21-43-22-23-44-24-25-45-26-27-46-28-29-47-30-31-48-33(35)32-4-2-1-3-5-32/h1-5H,6-31H2. The first-order valence-corrected chi connectivity index (χ1v) is 17.7. The second-order valence-electron chi connectivity index (χ2n) is 9.54. The molecule has 0 aliphatic rings. The quantitative estimate of drug-likeness (QED) is 0.0553. The van der Waals surface area contributed by atoms with E-state index in [1.807, 2.05) is 6.07 Å². The van der Waals surface area contributed by atoms with Crippen molar-refractivity contribution < 1.29 is 66.4 Å². The van der Waals surface area contributed by atoms with E-state index in [9.17, 15) is 4.79 Å². The Morgan fingerprint density at radius 2 is 0.583 bits per heavy atom. The lowest BCUT2D eigenvalue weighted by Crippen LogP contribution is -2.16. The minimum Gasteiger partial charge on any atom is -0.460 e. The van der Waals surface area contributed by atoms with Crippen molar-refractivity contribution in [2.24, 2.45) is 0 Å². The first-order valence-electron chi connectivity index (χ1n) is 16.6. The molecule has 0 spiro atoms. The van der Waals surface area contributed by atoms with E-state index in [2.05, 4.69) is 15.9 Å². The largest absolute Gasteiger partial charge is 0.460 e. The van der Waals surface area contributed by atoms with Gasteiger partial charge in [0.2, 0.25) is 0 Å². The second kappa shape index (κ2) is 38.5. The average molecular weight is 758 g/mol. The van der Waals surface area contributed by atoms with E-state index in [0.717, 1.165) is 5.33 Å². The molecular formula is C33H57BrO14. The lowest BCUT2D eigenvalue weighted by atomic mass is 10.2. The fourth-order valence-electron chi connectivity index (χ4n) is 3.43. The summed E-state index contributed by atoms with van der Waals surface area (Å²) in [6.45, 7) is 12.3. The number of benzene rings is 1. The third kappa shape index (κ3) is 33.2. The number of halogens is 1. The van der Waals surface area contributed by atoms with Crippen molar-refractivity contribution in [2.45, 2.75) is 0 Å². The highest BCUT2D eigenvalue weighted by atomic mass is 79.9. The Kier molecular flexibility index (Phi) is 35.9. The fraction of sp³-hybridized carbons (Fsp3) is 0.788. The molecule has 1 rings (SSSR count). The molecule has 0 atom stereocenters. The monoisotopic (exact) mass is 756 g/mol. The number of alkyl halides is 1. The molecule has 1 aromatic carbocycles. The van der Waals surface area contributed by atoms with E-state index in [1.165, 1.54) is 0 Å². The molecular weight excluding hydrogens is 700 g/mol. The molecule has 0 aromatic heterocycles. The number of carbonyl (C=O) groups is 1. The molecule has 0 unspecified atom stereocenters. The SMILES string of the molecule is O=C(OCCOCCOCCOCCOCCOCCOCCOCCOCCOCCOCCOCCOCCBr)c1ccccc1. The topological polar surface area (TPSA) is 137 Å². The van der Waals surface area contributed by atoms with E-state index in [-0.39, 0.29) is 12.6 Å². The maximum absolute atomic E-state index is 11.8. The van der Waals surface area contributed by atoms with Crippen molar-refractivity contribution in [3.8, 4) is 0 Å². The third-order valence-electron chi connectivity index (χ3n) is 5.78. The summed E-state index contributed by atoms with van der Waals surface area (Å²) < 4.78 is 70.4. The highest BCUT2D eigenvalue weighted by Gasteiger charge is 2.05. The summed E-state index contributed by atoms with van der Waals surface area (Å²) in [6, 6.07) is 8.85. The normalized spacial score (nSPS) is 11.4. The predicted molar refractivity (Wildman–Crippen MR) is 180 cm³/mol. The summed E-state index contributed by atoms with van der Waals surface area (Å²) in [7, 11) is 0. The number of esters is 1. The highest BCUT2D eigenvalue weighted by Crippen LogP contribution is 2.00. The van der Waals surface area contributed by atoms with Crippen LogP contribution < -0.4 is 0 Å². The first-order chi connectivity index (χ1) is 23.8. The maximum atomic E-state index is 11.8. The Balaban J connectivity index is 1.62. The Hall–Kier alpha value is -1.31. The zero-order valence-corrected chi connectivity index (χ0v) is 30.0. The zero-order valence-electron chi connectivity index (χ0n) is 28.4. The highest BCUT2D eigenvalue weighted by molar-refractivity contribution is 9.09. The van der Waals surface area contributed by atoms with Gasteiger partial charge in [-0.3, -0.25) is 0 Å². The molecule has 0 heterocycles. The summed E-state index contributed by atoms with van der Waals surface area (Å²) in [5.74, 6) is -0.357. The summed E-state index contributed by atoms with van der Waals surface area (Å²) in [5.41, 5.74) is 0.525. The Bertz CT molecular complexity index is 780. The number of rotatable bonds is 39. The van der Waals surface area contributed by atoms with Crippen molar-refractivity contribution in [2.75, 3.05) is 171 Å². The average Bonchev–Trinajstić information content (AvgIpc) is 3.11. The molecule has 0 saturated carbocycles. The van der Waals surface area contributed by atoms with Crippen LogP contribution in [0.25, 0.3) is 0 Å². The van der Waals surface area contributed by atoms with Gasteiger partial charge in [0.1, 0.15) is 6.61 Å². The summed E-state index contributed by atoms with van der Waals surface area (Å²) in [4.78, 5) is 11.8. The van der Waals surface area contributed by atoms with E-state index in [4.69, 9.17) is 61.6 Å². The van der Waals surface area contributed by atoms with E-state index < -0.39 is 0 Å². The van der Waals surface area contributed by atoms with Gasteiger partial charge in [0.15, 0.2) is 0 Å². The van der Waals surface area contributed by atoms with Gasteiger partial charge in [-0.15, -0.1) is 0 Å². The van der Waals surface area contributed by atoms with Crippen molar-refractivity contribution in [3.05, 3.63) is 35.9 Å². The van der Waals surface area contributed by atoms with E-state index in [1.54, 1.807) is 24.3 Å². The van der Waals surface area contributed by atoms with Gasteiger partial charge in [-0.25, -0.2) is 4.79 Å². The van der Waals surface area contributed by atoms with Crippen molar-refractivity contribution in [1.82, 2.24) is 0 Å². The van der Waals surface area contributed by atoms with E-state index in [0.29, 0.717) is 164 Å². The lowest BCUT2D eigenvalue weighted by molar-refractivity contribution is -0.0287. The van der Waals surface area contributed by atoms with Gasteiger partial charge < -0.3 is 61.6 Å². The molecule has 1 aromatic rings. The van der Waals surface area contributed by atoms with Crippen LogP contribution in [0.5, 0.6) is 0 Å². The van der Waals surface area contributed by atoms with Crippen LogP contribution in [0.4, 0.5) is 0 Å². The first kappa shape index (κ1) is 44.7. The van der Waals surface area contributed by atoms with Crippen LogP contribution in [0.1, 0.15) is 10.4 Å². The molecule has 48 heavy (non-hydrogen) atoms. The van der Waals surface area contributed by atoms with Crippen molar-refractivity contribution in [3.63, 3.8) is 0 Å². The molecule has 0 saturated heterocycles. The van der Waals surface area contributed by atoms with Gasteiger partial charge in [-0.1, -0.05) is 34.1 Å². The van der Waals surface area contributed by atoms with Crippen LogP contribution in [0, 0.1) is 0 Å². The molecule has 0 bridgehead atoms. The van der Waals surface area contributed by atoms with Gasteiger partial charge in [0.25, 0.3) is 0 Å². The smallest absolute Gasteiger partial charge is 0.338 e. The second-order valence-corrected chi connectivity index (χ2v) is 10.3. The van der Waals surface area contributed by atoms with Gasteiger partial charge in [0, 0.05) is 5.33 Å². The fourth-order valence-corrected chi connectivity index (χ4v) is 3.66. The van der Waals surface area contributed by atoms with Gasteiger partial charge in [0.05, 0.1) is 164 Å². The summed E-state index contributed by atoms with van der Waals surface area (Å²) in [5, 5.41) is 0.834. The molecule has 0 fully saturated rings. The Morgan fingerprint density at radius 3 is 0.833 bits per heavy atom. The minimum atomic E-state index is -0.357. The van der Waals surface area contributed by atoms with Crippen LogP contribution >= 0.6 is 15.9 Å². The third-order valence-corrected chi connectivity index (χ3v) is 6.11. The number of carbonyl (C=O) groups excluding carboxylic acids is 1.